The highest BCUT2D eigenvalue weighted by atomic mass is 19.4. The predicted octanol–water partition coefficient (Wildman–Crippen LogP) is 3.45. The molecule has 1 N–H and O–H groups in total. The number of alkyl halides is 3. The fourth-order valence-corrected chi connectivity index (χ4v) is 5.48. The van der Waals surface area contributed by atoms with Crippen molar-refractivity contribution < 1.29 is 27.5 Å². The van der Waals surface area contributed by atoms with E-state index in [1.807, 2.05) is 0 Å². The van der Waals surface area contributed by atoms with Crippen LogP contribution in [-0.2, 0) is 15.8 Å². The summed E-state index contributed by atoms with van der Waals surface area (Å²) in [6, 6.07) is 5.77. The zero-order chi connectivity index (χ0) is 25.9. The third kappa shape index (κ3) is 5.29. The van der Waals surface area contributed by atoms with E-state index in [-0.39, 0.29) is 36.2 Å². The molecule has 2 heterocycles. The Hall–Kier alpha value is -3.24. The number of hydrogen-bond donors (Lipinski definition) is 1. The average Bonchev–Trinajstić information content (AvgIpc) is 3.49. The fraction of sp³-hybridized carbons (Fsp3) is 0.577. The number of nitrogens with zero attached hydrogens (tertiary/aromatic N) is 3. The molecule has 0 bridgehead atoms. The minimum Gasteiger partial charge on any atom is -0.468 e. The first kappa shape index (κ1) is 25.8. The standard InChI is InChI=1S/C26H29F3N4O3/c1-2-20-7-8-21(16-30)33(20)24(35)17-31-19-11-13-25(14-12-19,32-15-3-4-23(32)34)36-22-9-5-18(6-10-22)26(27,28)29/h1,5-6,9-10,19-21,31H,3-4,7-8,11-15,17H2/t19?,20-,21+,25?/m1/s1. The molecule has 2 atom stereocenters. The Labute approximate surface area is 208 Å². The second-order valence-corrected chi connectivity index (χ2v) is 9.58. The third-order valence-electron chi connectivity index (χ3n) is 7.38. The molecule has 1 saturated carbocycles. The smallest absolute Gasteiger partial charge is 0.416 e. The highest BCUT2D eigenvalue weighted by molar-refractivity contribution is 5.80. The molecule has 2 amide bonds. The van der Waals surface area contributed by atoms with Gasteiger partial charge in [0.2, 0.25) is 11.8 Å². The molecule has 2 aliphatic heterocycles. The quantitative estimate of drug-likeness (QED) is 0.603. The van der Waals surface area contributed by atoms with Gasteiger partial charge in [-0.3, -0.25) is 9.59 Å². The van der Waals surface area contributed by atoms with Crippen LogP contribution in [0.5, 0.6) is 5.75 Å². The normalized spacial score (nSPS) is 28.6. The molecule has 1 aromatic carbocycles. The number of terminal acetylenes is 1. The van der Waals surface area contributed by atoms with Gasteiger partial charge in [0.25, 0.3) is 0 Å². The van der Waals surface area contributed by atoms with Gasteiger partial charge in [-0.1, -0.05) is 5.92 Å². The zero-order valence-electron chi connectivity index (χ0n) is 19.9. The second kappa shape index (κ2) is 10.4. The number of carbonyl (C=O) groups excluding carboxylic acids is 2. The van der Waals surface area contributed by atoms with Gasteiger partial charge in [-0.05, 0) is 56.4 Å². The van der Waals surface area contributed by atoms with E-state index in [1.54, 1.807) is 4.90 Å². The van der Waals surface area contributed by atoms with Crippen LogP contribution in [-0.4, -0.2) is 58.6 Å². The molecule has 0 radical (unpaired) electrons. The molecule has 10 heteroatoms. The van der Waals surface area contributed by atoms with Crippen molar-refractivity contribution in [1.29, 1.82) is 5.26 Å². The lowest BCUT2D eigenvalue weighted by Crippen LogP contribution is -2.57. The molecule has 3 aliphatic rings. The highest BCUT2D eigenvalue weighted by Crippen LogP contribution is 2.39. The van der Waals surface area contributed by atoms with E-state index in [1.165, 1.54) is 17.0 Å². The number of nitrogens with one attached hydrogen (secondary N) is 1. The van der Waals surface area contributed by atoms with Crippen molar-refractivity contribution in [2.45, 2.75) is 81.4 Å². The Morgan fingerprint density at radius 2 is 1.83 bits per heavy atom. The Balaban J connectivity index is 1.40. The lowest BCUT2D eigenvalue weighted by atomic mass is 9.86. The zero-order valence-corrected chi connectivity index (χ0v) is 19.9. The summed E-state index contributed by atoms with van der Waals surface area (Å²) in [7, 11) is 0. The number of benzene rings is 1. The lowest BCUT2D eigenvalue weighted by Gasteiger charge is -2.46. The average molecular weight is 503 g/mol. The molecular weight excluding hydrogens is 473 g/mol. The molecule has 3 fully saturated rings. The maximum absolute atomic E-state index is 13.0. The number of nitriles is 1. The lowest BCUT2D eigenvalue weighted by molar-refractivity contribution is -0.154. The molecule has 7 nitrogen and oxygen atoms in total. The maximum atomic E-state index is 13.0. The van der Waals surface area contributed by atoms with Gasteiger partial charge in [0, 0.05) is 31.8 Å². The van der Waals surface area contributed by atoms with E-state index < -0.39 is 23.5 Å². The maximum Gasteiger partial charge on any atom is 0.416 e. The number of amides is 2. The number of ether oxygens (including phenoxy) is 1. The van der Waals surface area contributed by atoms with Gasteiger partial charge in [-0.25, -0.2) is 0 Å². The molecule has 36 heavy (non-hydrogen) atoms. The summed E-state index contributed by atoms with van der Waals surface area (Å²) in [6.07, 6.45) is 5.56. The van der Waals surface area contributed by atoms with Crippen molar-refractivity contribution >= 4 is 11.8 Å². The van der Waals surface area contributed by atoms with Gasteiger partial charge in [0.15, 0.2) is 5.72 Å². The largest absolute Gasteiger partial charge is 0.468 e. The molecule has 4 rings (SSSR count). The minimum atomic E-state index is -4.44. The topological polar surface area (TPSA) is 85.7 Å². The van der Waals surface area contributed by atoms with Crippen LogP contribution in [0.2, 0.25) is 0 Å². The molecule has 1 aliphatic carbocycles. The molecule has 0 spiro atoms. The van der Waals surface area contributed by atoms with Gasteiger partial charge in [-0.15, -0.1) is 6.42 Å². The SMILES string of the molecule is C#C[C@@H]1CC[C@@H](C#N)N1C(=O)CNC1CCC(Oc2ccc(C(F)(F)F)cc2)(N2CCCC2=O)CC1. The Kier molecular flexibility index (Phi) is 7.46. The van der Waals surface area contributed by atoms with E-state index in [0.29, 0.717) is 57.9 Å². The molecule has 0 aromatic heterocycles. The Morgan fingerprint density at radius 1 is 1.17 bits per heavy atom. The van der Waals surface area contributed by atoms with Gasteiger partial charge in [-0.2, -0.15) is 18.4 Å². The number of rotatable bonds is 6. The van der Waals surface area contributed by atoms with Gasteiger partial charge in [0.1, 0.15) is 11.8 Å². The van der Waals surface area contributed by atoms with E-state index in [9.17, 15) is 28.0 Å². The van der Waals surface area contributed by atoms with Crippen molar-refractivity contribution in [2.75, 3.05) is 13.1 Å². The molecule has 0 unspecified atom stereocenters. The molecular formula is C26H29F3N4O3. The first-order valence-electron chi connectivity index (χ1n) is 12.2. The van der Waals surface area contributed by atoms with Gasteiger partial charge in [0.05, 0.1) is 24.2 Å². The van der Waals surface area contributed by atoms with Crippen molar-refractivity contribution in [3.63, 3.8) is 0 Å². The molecule has 1 aromatic rings. The second-order valence-electron chi connectivity index (χ2n) is 9.58. The van der Waals surface area contributed by atoms with Gasteiger partial charge < -0.3 is 19.9 Å². The Bertz CT molecular complexity index is 1030. The minimum absolute atomic E-state index is 0.0107. The van der Waals surface area contributed by atoms with Crippen molar-refractivity contribution in [3.8, 4) is 24.2 Å². The van der Waals surface area contributed by atoms with Crippen LogP contribution in [0.15, 0.2) is 24.3 Å². The predicted molar refractivity (Wildman–Crippen MR) is 124 cm³/mol. The van der Waals surface area contributed by atoms with Crippen LogP contribution in [0.1, 0.15) is 56.9 Å². The fourth-order valence-electron chi connectivity index (χ4n) is 5.48. The van der Waals surface area contributed by atoms with E-state index >= 15 is 0 Å². The summed E-state index contributed by atoms with van der Waals surface area (Å²) in [6.45, 7) is 0.588. The monoisotopic (exact) mass is 502 g/mol. The van der Waals surface area contributed by atoms with E-state index in [0.717, 1.165) is 12.1 Å². The number of likely N-dealkylation sites (tertiary alicyclic amines) is 2. The van der Waals surface area contributed by atoms with Crippen molar-refractivity contribution in [1.82, 2.24) is 15.1 Å². The summed E-state index contributed by atoms with van der Waals surface area (Å²) in [4.78, 5) is 28.6. The summed E-state index contributed by atoms with van der Waals surface area (Å²) < 4.78 is 45.1. The number of hydrogen-bond acceptors (Lipinski definition) is 5. The third-order valence-corrected chi connectivity index (χ3v) is 7.38. The van der Waals surface area contributed by atoms with Crippen LogP contribution in [0.4, 0.5) is 13.2 Å². The summed E-state index contributed by atoms with van der Waals surface area (Å²) >= 11 is 0. The number of halogens is 3. The van der Waals surface area contributed by atoms with Crippen molar-refractivity contribution in [3.05, 3.63) is 29.8 Å². The molecule has 2 saturated heterocycles. The van der Waals surface area contributed by atoms with E-state index in [2.05, 4.69) is 17.3 Å². The summed E-state index contributed by atoms with van der Waals surface area (Å²) in [5.74, 6) is 2.63. The summed E-state index contributed by atoms with van der Waals surface area (Å²) in [5.41, 5.74) is -1.70. The highest BCUT2D eigenvalue weighted by Gasteiger charge is 2.46. The van der Waals surface area contributed by atoms with Crippen LogP contribution in [0.3, 0.4) is 0 Å². The first-order valence-corrected chi connectivity index (χ1v) is 12.2. The van der Waals surface area contributed by atoms with Crippen molar-refractivity contribution in [2.24, 2.45) is 0 Å². The Morgan fingerprint density at radius 3 is 2.39 bits per heavy atom. The van der Waals surface area contributed by atoms with Gasteiger partial charge >= 0.3 is 6.18 Å². The number of carbonyl (C=O) groups is 2. The van der Waals surface area contributed by atoms with Crippen LogP contribution >= 0.6 is 0 Å². The van der Waals surface area contributed by atoms with E-state index in [4.69, 9.17) is 11.2 Å². The van der Waals surface area contributed by atoms with Crippen LogP contribution < -0.4 is 10.1 Å². The van der Waals surface area contributed by atoms with Crippen LogP contribution in [0.25, 0.3) is 0 Å². The first-order chi connectivity index (χ1) is 17.2. The molecule has 192 valence electrons. The summed E-state index contributed by atoms with van der Waals surface area (Å²) in [5, 5.41) is 12.6. The van der Waals surface area contributed by atoms with Crippen LogP contribution in [0, 0.1) is 23.7 Å².